The first-order valence-corrected chi connectivity index (χ1v) is 7.79. The highest BCUT2D eigenvalue weighted by molar-refractivity contribution is 9.10. The van der Waals surface area contributed by atoms with E-state index in [9.17, 15) is 9.59 Å². The molecule has 0 unspecified atom stereocenters. The van der Waals surface area contributed by atoms with Gasteiger partial charge in [0, 0.05) is 10.0 Å². The van der Waals surface area contributed by atoms with Crippen LogP contribution in [-0.4, -0.2) is 30.6 Å². The maximum Gasteiger partial charge on any atom is 0.341 e. The second kappa shape index (κ2) is 8.31. The SMILES string of the molecule is COc1cc(C(=O)/C=C/c2ccc(Br)cc2)ccc1OCC(=O)O. The molecule has 0 bridgehead atoms. The molecule has 0 saturated heterocycles. The smallest absolute Gasteiger partial charge is 0.341 e. The Morgan fingerprint density at radius 1 is 1.12 bits per heavy atom. The van der Waals surface area contributed by atoms with Crippen LogP contribution in [-0.2, 0) is 4.79 Å². The van der Waals surface area contributed by atoms with E-state index in [1.165, 1.54) is 25.3 Å². The minimum Gasteiger partial charge on any atom is -0.493 e. The van der Waals surface area contributed by atoms with Gasteiger partial charge in [-0.25, -0.2) is 4.79 Å². The number of ketones is 1. The molecule has 0 fully saturated rings. The Bertz CT molecular complexity index is 765. The number of aliphatic carboxylic acids is 1. The van der Waals surface area contributed by atoms with Crippen LogP contribution in [0.4, 0.5) is 0 Å². The third-order valence-corrected chi connectivity index (χ3v) is 3.63. The number of carbonyl (C=O) groups excluding carboxylic acids is 1. The quantitative estimate of drug-likeness (QED) is 0.574. The average molecular weight is 391 g/mol. The topological polar surface area (TPSA) is 72.8 Å². The number of hydrogen-bond acceptors (Lipinski definition) is 4. The predicted octanol–water partition coefficient (Wildman–Crippen LogP) is 3.82. The molecular formula is C18H15BrO5. The van der Waals surface area contributed by atoms with Crippen molar-refractivity contribution in [1.29, 1.82) is 0 Å². The standard InChI is InChI=1S/C18H15BrO5/c1-23-17-10-13(5-9-16(17)24-11-18(21)22)15(20)8-4-12-2-6-14(19)7-3-12/h2-10H,11H2,1H3,(H,21,22)/b8-4+. The average Bonchev–Trinajstić information content (AvgIpc) is 2.59. The molecule has 0 aliphatic carbocycles. The molecule has 2 aromatic carbocycles. The Hall–Kier alpha value is -2.60. The largest absolute Gasteiger partial charge is 0.493 e. The van der Waals surface area contributed by atoms with Crippen molar-refractivity contribution in [3.05, 3.63) is 64.1 Å². The number of carboxylic acid groups (broad SMARTS) is 1. The molecule has 0 spiro atoms. The molecule has 0 amide bonds. The fraction of sp³-hybridized carbons (Fsp3) is 0.111. The summed E-state index contributed by atoms with van der Waals surface area (Å²) in [7, 11) is 1.43. The summed E-state index contributed by atoms with van der Waals surface area (Å²) in [5.74, 6) is -0.705. The van der Waals surface area contributed by atoms with Crippen molar-refractivity contribution in [2.24, 2.45) is 0 Å². The number of hydrogen-bond donors (Lipinski definition) is 1. The minimum absolute atomic E-state index is 0.194. The van der Waals surface area contributed by atoms with Gasteiger partial charge in [0.1, 0.15) is 0 Å². The lowest BCUT2D eigenvalue weighted by Crippen LogP contribution is -2.10. The van der Waals surface area contributed by atoms with E-state index in [4.69, 9.17) is 14.6 Å². The van der Waals surface area contributed by atoms with Gasteiger partial charge in [0.25, 0.3) is 0 Å². The molecule has 0 aliphatic heterocycles. The molecule has 0 atom stereocenters. The second-order valence-electron chi connectivity index (χ2n) is 4.80. The van der Waals surface area contributed by atoms with Crippen molar-refractivity contribution < 1.29 is 24.2 Å². The molecule has 124 valence electrons. The second-order valence-corrected chi connectivity index (χ2v) is 5.71. The van der Waals surface area contributed by atoms with Crippen LogP contribution < -0.4 is 9.47 Å². The summed E-state index contributed by atoms with van der Waals surface area (Å²) in [6, 6.07) is 12.2. The van der Waals surface area contributed by atoms with Crippen LogP contribution >= 0.6 is 15.9 Å². The van der Waals surface area contributed by atoms with Gasteiger partial charge >= 0.3 is 5.97 Å². The van der Waals surface area contributed by atoms with E-state index in [0.29, 0.717) is 11.3 Å². The number of halogens is 1. The Balaban J connectivity index is 2.14. The summed E-state index contributed by atoms with van der Waals surface area (Å²) in [5.41, 5.74) is 1.32. The monoisotopic (exact) mass is 390 g/mol. The van der Waals surface area contributed by atoms with E-state index in [0.717, 1.165) is 10.0 Å². The summed E-state index contributed by atoms with van der Waals surface area (Å²) >= 11 is 3.35. The Morgan fingerprint density at radius 3 is 2.46 bits per heavy atom. The lowest BCUT2D eigenvalue weighted by atomic mass is 10.1. The summed E-state index contributed by atoms with van der Waals surface area (Å²) in [6.45, 7) is -0.479. The van der Waals surface area contributed by atoms with Gasteiger partial charge < -0.3 is 14.6 Å². The van der Waals surface area contributed by atoms with Crippen LogP contribution in [0.3, 0.4) is 0 Å². The number of rotatable bonds is 7. The van der Waals surface area contributed by atoms with Crippen molar-refractivity contribution in [1.82, 2.24) is 0 Å². The van der Waals surface area contributed by atoms with Crippen LogP contribution in [0.5, 0.6) is 11.5 Å². The van der Waals surface area contributed by atoms with Crippen molar-refractivity contribution >= 4 is 33.8 Å². The molecule has 0 saturated carbocycles. The van der Waals surface area contributed by atoms with Crippen molar-refractivity contribution in [3.63, 3.8) is 0 Å². The highest BCUT2D eigenvalue weighted by atomic mass is 79.9. The first-order chi connectivity index (χ1) is 11.5. The van der Waals surface area contributed by atoms with Gasteiger partial charge in [0.05, 0.1) is 7.11 Å². The third kappa shape index (κ3) is 4.96. The van der Waals surface area contributed by atoms with E-state index < -0.39 is 12.6 Å². The van der Waals surface area contributed by atoms with Gasteiger partial charge in [0.2, 0.25) is 0 Å². The molecule has 6 heteroatoms. The highest BCUT2D eigenvalue weighted by Crippen LogP contribution is 2.28. The number of benzene rings is 2. The number of carbonyl (C=O) groups is 2. The number of methoxy groups -OCH3 is 1. The molecule has 0 aromatic heterocycles. The zero-order valence-electron chi connectivity index (χ0n) is 12.9. The van der Waals surface area contributed by atoms with E-state index in [1.54, 1.807) is 12.1 Å². The maximum absolute atomic E-state index is 12.2. The van der Waals surface area contributed by atoms with E-state index in [2.05, 4.69) is 15.9 Å². The summed E-state index contributed by atoms with van der Waals surface area (Å²) in [4.78, 5) is 22.8. The first-order valence-electron chi connectivity index (χ1n) is 7.00. The van der Waals surface area contributed by atoms with E-state index >= 15 is 0 Å². The van der Waals surface area contributed by atoms with Gasteiger partial charge in [-0.2, -0.15) is 0 Å². The fourth-order valence-corrected chi connectivity index (χ4v) is 2.19. The molecule has 2 aromatic rings. The lowest BCUT2D eigenvalue weighted by molar-refractivity contribution is -0.139. The van der Waals surface area contributed by atoms with Crippen LogP contribution in [0.15, 0.2) is 53.0 Å². The van der Waals surface area contributed by atoms with Gasteiger partial charge in [-0.3, -0.25) is 4.79 Å². The molecule has 24 heavy (non-hydrogen) atoms. The summed E-state index contributed by atoms with van der Waals surface area (Å²) in [6.07, 6.45) is 3.19. The van der Waals surface area contributed by atoms with Crippen molar-refractivity contribution in [2.75, 3.05) is 13.7 Å². The van der Waals surface area contributed by atoms with E-state index in [1.807, 2.05) is 24.3 Å². The van der Waals surface area contributed by atoms with Crippen LogP contribution in [0.2, 0.25) is 0 Å². The Kier molecular flexibility index (Phi) is 6.14. The lowest BCUT2D eigenvalue weighted by Gasteiger charge is -2.09. The number of carboxylic acids is 1. The highest BCUT2D eigenvalue weighted by Gasteiger charge is 2.10. The van der Waals surface area contributed by atoms with Crippen molar-refractivity contribution in [3.8, 4) is 11.5 Å². The predicted molar refractivity (Wildman–Crippen MR) is 93.6 cm³/mol. The molecule has 0 heterocycles. The molecule has 1 N–H and O–H groups in total. The maximum atomic E-state index is 12.2. The zero-order valence-corrected chi connectivity index (χ0v) is 14.4. The fourth-order valence-electron chi connectivity index (χ4n) is 1.92. The molecular weight excluding hydrogens is 376 g/mol. The zero-order chi connectivity index (χ0) is 17.5. The van der Waals surface area contributed by atoms with Crippen molar-refractivity contribution in [2.45, 2.75) is 0 Å². The van der Waals surface area contributed by atoms with Crippen LogP contribution in [0, 0.1) is 0 Å². The molecule has 0 radical (unpaired) electrons. The normalized spacial score (nSPS) is 10.6. The van der Waals surface area contributed by atoms with Gasteiger partial charge in [-0.05, 0) is 42.0 Å². The molecule has 5 nitrogen and oxygen atoms in total. The first kappa shape index (κ1) is 17.7. The Labute approximate surface area is 147 Å². The third-order valence-electron chi connectivity index (χ3n) is 3.10. The molecule has 2 rings (SSSR count). The van der Waals surface area contributed by atoms with Gasteiger partial charge in [-0.15, -0.1) is 0 Å². The molecule has 0 aliphatic rings. The van der Waals surface area contributed by atoms with Crippen LogP contribution in [0.25, 0.3) is 6.08 Å². The summed E-state index contributed by atoms with van der Waals surface area (Å²) in [5, 5.41) is 8.64. The van der Waals surface area contributed by atoms with Crippen LogP contribution in [0.1, 0.15) is 15.9 Å². The van der Waals surface area contributed by atoms with Gasteiger partial charge in [-0.1, -0.05) is 34.1 Å². The Morgan fingerprint density at radius 2 is 1.83 bits per heavy atom. The summed E-state index contributed by atoms with van der Waals surface area (Å²) < 4.78 is 11.2. The van der Waals surface area contributed by atoms with E-state index in [-0.39, 0.29) is 11.5 Å². The number of allylic oxidation sites excluding steroid dienone is 1. The minimum atomic E-state index is -1.09. The number of ether oxygens (including phenoxy) is 2. The van der Waals surface area contributed by atoms with Gasteiger partial charge in [0.15, 0.2) is 23.9 Å².